The van der Waals surface area contributed by atoms with Crippen molar-refractivity contribution in [2.45, 2.75) is 38.0 Å². The number of aromatic hydroxyl groups is 1. The molecular weight excluding hydrogens is 246 g/mol. The summed E-state index contributed by atoms with van der Waals surface area (Å²) >= 11 is 0. The van der Waals surface area contributed by atoms with E-state index in [1.807, 2.05) is 18.2 Å². The van der Waals surface area contributed by atoms with Gasteiger partial charge in [0, 0.05) is 13.1 Å². The van der Waals surface area contributed by atoms with E-state index < -0.39 is 0 Å². The van der Waals surface area contributed by atoms with Gasteiger partial charge in [-0.05, 0) is 66.8 Å². The monoisotopic (exact) mass is 271 g/mol. The number of phenols is 1. The predicted molar refractivity (Wildman–Crippen MR) is 83.1 cm³/mol. The Labute approximate surface area is 122 Å². The molecular formula is C18H25NO. The fourth-order valence-corrected chi connectivity index (χ4v) is 4.08. The largest absolute Gasteiger partial charge is 0.508 e. The minimum Gasteiger partial charge on any atom is -0.508 e. The number of phenolic OH excluding ortho intramolecular Hbond substituents is 1. The average molecular weight is 271 g/mol. The molecule has 1 heterocycles. The number of nitrogens with zero attached hydrogens (tertiary/aromatic N) is 1. The lowest BCUT2D eigenvalue weighted by Crippen LogP contribution is -2.50. The van der Waals surface area contributed by atoms with Crippen LogP contribution in [0.25, 0.3) is 0 Å². The van der Waals surface area contributed by atoms with E-state index in [0.29, 0.717) is 5.75 Å². The van der Waals surface area contributed by atoms with Gasteiger partial charge in [0.2, 0.25) is 0 Å². The number of hydrogen-bond acceptors (Lipinski definition) is 2. The van der Waals surface area contributed by atoms with Crippen LogP contribution in [0.4, 0.5) is 0 Å². The summed E-state index contributed by atoms with van der Waals surface area (Å²) in [5, 5.41) is 9.84. The zero-order valence-corrected chi connectivity index (χ0v) is 12.4. The third-order valence-electron chi connectivity index (χ3n) is 5.45. The molecule has 1 fully saturated rings. The summed E-state index contributed by atoms with van der Waals surface area (Å²) < 4.78 is 0. The third kappa shape index (κ3) is 2.26. The van der Waals surface area contributed by atoms with E-state index in [-0.39, 0.29) is 5.41 Å². The summed E-state index contributed by atoms with van der Waals surface area (Å²) in [6.07, 6.45) is 6.73. The molecule has 2 atom stereocenters. The van der Waals surface area contributed by atoms with Crippen LogP contribution in [0.5, 0.6) is 5.75 Å². The van der Waals surface area contributed by atoms with Crippen molar-refractivity contribution in [3.8, 4) is 5.75 Å². The molecule has 0 radical (unpaired) electrons. The van der Waals surface area contributed by atoms with Crippen LogP contribution in [0.1, 0.15) is 37.3 Å². The number of fused-ring (bicyclic) bond motifs is 3. The lowest BCUT2D eigenvalue weighted by Gasteiger charge is -2.50. The summed E-state index contributed by atoms with van der Waals surface area (Å²) in [6, 6.07) is 5.97. The van der Waals surface area contributed by atoms with Crippen LogP contribution in [0, 0.1) is 5.92 Å². The molecule has 2 aliphatic rings. The highest BCUT2D eigenvalue weighted by atomic mass is 16.3. The van der Waals surface area contributed by atoms with Gasteiger partial charge in [-0.25, -0.2) is 0 Å². The standard InChI is InChI=1S/C18H25NO/c1-3-4-10-19-11-9-18(2)15(13-19)7-5-14-6-8-16(20)12-17(14)18/h3,6,8,12,15,20H,1,4-5,7,9-11,13H2,2H3/t15-,18+/m0/s1. The Morgan fingerprint density at radius 1 is 1.50 bits per heavy atom. The van der Waals surface area contributed by atoms with Gasteiger partial charge >= 0.3 is 0 Å². The smallest absolute Gasteiger partial charge is 0.115 e. The van der Waals surface area contributed by atoms with Crippen molar-refractivity contribution in [2.24, 2.45) is 5.92 Å². The summed E-state index contributed by atoms with van der Waals surface area (Å²) in [4.78, 5) is 2.59. The van der Waals surface area contributed by atoms with E-state index in [4.69, 9.17) is 0 Å². The summed E-state index contributed by atoms with van der Waals surface area (Å²) in [5.74, 6) is 1.13. The van der Waals surface area contributed by atoms with E-state index in [1.165, 1.54) is 30.5 Å². The minimum absolute atomic E-state index is 0.247. The molecule has 2 nitrogen and oxygen atoms in total. The molecule has 0 amide bonds. The number of benzene rings is 1. The summed E-state index contributed by atoms with van der Waals surface area (Å²) in [6.45, 7) is 9.73. The van der Waals surface area contributed by atoms with Crippen LogP contribution >= 0.6 is 0 Å². The summed E-state index contributed by atoms with van der Waals surface area (Å²) in [5.41, 5.74) is 3.09. The van der Waals surface area contributed by atoms with Crippen molar-refractivity contribution in [3.05, 3.63) is 42.0 Å². The van der Waals surface area contributed by atoms with Crippen molar-refractivity contribution in [1.82, 2.24) is 4.90 Å². The van der Waals surface area contributed by atoms with E-state index in [1.54, 1.807) is 0 Å². The lowest BCUT2D eigenvalue weighted by atomic mass is 9.61. The zero-order valence-electron chi connectivity index (χ0n) is 12.4. The minimum atomic E-state index is 0.247. The first-order chi connectivity index (χ1) is 9.63. The first kappa shape index (κ1) is 13.7. The van der Waals surface area contributed by atoms with Gasteiger partial charge in [-0.2, -0.15) is 0 Å². The maximum absolute atomic E-state index is 9.84. The number of hydrogen-bond donors (Lipinski definition) is 1. The number of piperidine rings is 1. The Bertz CT molecular complexity index is 510. The normalized spacial score (nSPS) is 29.6. The summed E-state index contributed by atoms with van der Waals surface area (Å²) in [7, 11) is 0. The highest BCUT2D eigenvalue weighted by molar-refractivity contribution is 5.42. The Morgan fingerprint density at radius 2 is 2.35 bits per heavy atom. The Kier molecular flexibility index (Phi) is 3.59. The molecule has 108 valence electrons. The van der Waals surface area contributed by atoms with Crippen LogP contribution in [0.2, 0.25) is 0 Å². The molecule has 1 aliphatic carbocycles. The van der Waals surface area contributed by atoms with E-state index >= 15 is 0 Å². The third-order valence-corrected chi connectivity index (χ3v) is 5.45. The Morgan fingerprint density at radius 3 is 3.15 bits per heavy atom. The molecule has 1 saturated heterocycles. The molecule has 1 aromatic carbocycles. The molecule has 2 heteroatoms. The molecule has 0 bridgehead atoms. The van der Waals surface area contributed by atoms with Crippen molar-refractivity contribution in [2.75, 3.05) is 19.6 Å². The van der Waals surface area contributed by atoms with Gasteiger partial charge in [0.1, 0.15) is 5.75 Å². The van der Waals surface area contributed by atoms with Gasteiger partial charge in [0.05, 0.1) is 0 Å². The number of likely N-dealkylation sites (tertiary alicyclic amines) is 1. The molecule has 1 N–H and O–H groups in total. The van der Waals surface area contributed by atoms with Crippen LogP contribution in [0.15, 0.2) is 30.9 Å². The van der Waals surface area contributed by atoms with Gasteiger partial charge < -0.3 is 10.0 Å². The average Bonchev–Trinajstić information content (AvgIpc) is 2.45. The van der Waals surface area contributed by atoms with E-state index in [0.717, 1.165) is 31.8 Å². The highest BCUT2D eigenvalue weighted by Gasteiger charge is 2.43. The van der Waals surface area contributed by atoms with Crippen LogP contribution in [0.3, 0.4) is 0 Å². The zero-order chi connectivity index (χ0) is 14.2. The second-order valence-corrected chi connectivity index (χ2v) is 6.62. The van der Waals surface area contributed by atoms with Gasteiger partial charge in [0.25, 0.3) is 0 Å². The predicted octanol–water partition coefficient (Wildman–Crippen LogP) is 3.49. The second kappa shape index (κ2) is 5.25. The molecule has 20 heavy (non-hydrogen) atoms. The maximum Gasteiger partial charge on any atom is 0.115 e. The Balaban J connectivity index is 1.84. The van der Waals surface area contributed by atoms with Crippen molar-refractivity contribution in [3.63, 3.8) is 0 Å². The first-order valence-electron chi connectivity index (χ1n) is 7.79. The Hall–Kier alpha value is -1.28. The van der Waals surface area contributed by atoms with Crippen LogP contribution in [-0.4, -0.2) is 29.6 Å². The quantitative estimate of drug-likeness (QED) is 0.851. The first-order valence-corrected chi connectivity index (χ1v) is 7.79. The topological polar surface area (TPSA) is 23.5 Å². The van der Waals surface area contributed by atoms with Crippen LogP contribution in [-0.2, 0) is 11.8 Å². The van der Waals surface area contributed by atoms with Gasteiger partial charge in [-0.3, -0.25) is 0 Å². The lowest BCUT2D eigenvalue weighted by molar-refractivity contribution is 0.0885. The fourth-order valence-electron chi connectivity index (χ4n) is 4.08. The number of aryl methyl sites for hydroxylation is 1. The van der Waals surface area contributed by atoms with Crippen molar-refractivity contribution in [1.29, 1.82) is 0 Å². The van der Waals surface area contributed by atoms with Crippen molar-refractivity contribution >= 4 is 0 Å². The molecule has 0 spiro atoms. The van der Waals surface area contributed by atoms with E-state index in [2.05, 4.69) is 24.5 Å². The van der Waals surface area contributed by atoms with Gasteiger partial charge in [-0.15, -0.1) is 6.58 Å². The maximum atomic E-state index is 9.84. The molecule has 0 aromatic heterocycles. The molecule has 1 aromatic rings. The molecule has 3 rings (SSSR count). The van der Waals surface area contributed by atoms with Crippen molar-refractivity contribution < 1.29 is 5.11 Å². The molecule has 1 aliphatic heterocycles. The second-order valence-electron chi connectivity index (χ2n) is 6.62. The highest BCUT2D eigenvalue weighted by Crippen LogP contribution is 2.47. The fraction of sp³-hybridized carbons (Fsp3) is 0.556. The number of rotatable bonds is 3. The van der Waals surface area contributed by atoms with E-state index in [9.17, 15) is 5.11 Å². The molecule has 0 unspecified atom stereocenters. The van der Waals surface area contributed by atoms with Crippen LogP contribution < -0.4 is 0 Å². The van der Waals surface area contributed by atoms with Gasteiger partial charge in [-0.1, -0.05) is 19.1 Å². The SMILES string of the molecule is C=CCCN1CC[C@@]2(C)c3cc(O)ccc3CC[C@H]2C1. The molecule has 0 saturated carbocycles. The van der Waals surface area contributed by atoms with Gasteiger partial charge in [0.15, 0.2) is 0 Å².